The van der Waals surface area contributed by atoms with Gasteiger partial charge in [-0.3, -0.25) is 0 Å². The summed E-state index contributed by atoms with van der Waals surface area (Å²) in [5.74, 6) is 0.474. The van der Waals surface area contributed by atoms with E-state index in [0.29, 0.717) is 12.4 Å². The summed E-state index contributed by atoms with van der Waals surface area (Å²) in [6.07, 6.45) is 1.66. The highest BCUT2D eigenvalue weighted by atomic mass is 79.9. The summed E-state index contributed by atoms with van der Waals surface area (Å²) >= 11 is 4.66. The van der Waals surface area contributed by atoms with E-state index in [-0.39, 0.29) is 0 Å². The summed E-state index contributed by atoms with van der Waals surface area (Å²) < 4.78 is 4.65. The average molecular weight is 286 g/mol. The quantitative estimate of drug-likeness (QED) is 0.901. The molecule has 0 radical (unpaired) electrons. The lowest BCUT2D eigenvalue weighted by Crippen LogP contribution is -2.04. The minimum absolute atomic E-state index is 0.474. The number of nitrogens with one attached hydrogen (secondary N) is 1. The molecule has 2 aromatic rings. The lowest BCUT2D eigenvalue weighted by molar-refractivity contribution is 0.997. The van der Waals surface area contributed by atoms with Gasteiger partial charge in [0.2, 0.25) is 0 Å². The van der Waals surface area contributed by atoms with Gasteiger partial charge in [0.15, 0.2) is 0 Å². The zero-order valence-electron chi connectivity index (χ0n) is 7.64. The maximum atomic E-state index is 5.70. The molecule has 0 aromatic carbocycles. The first-order chi connectivity index (χ1) is 7.25. The predicted molar refractivity (Wildman–Crippen MR) is 63.6 cm³/mol. The Morgan fingerprint density at radius 1 is 1.53 bits per heavy atom. The molecule has 0 saturated heterocycles. The minimum Gasteiger partial charge on any atom is -0.382 e. The smallest absolute Gasteiger partial charge is 0.146 e. The van der Waals surface area contributed by atoms with Gasteiger partial charge in [-0.15, -0.1) is 5.10 Å². The molecule has 0 amide bonds. The van der Waals surface area contributed by atoms with Crippen LogP contribution in [0.15, 0.2) is 22.1 Å². The van der Waals surface area contributed by atoms with Crippen LogP contribution >= 0.6 is 27.5 Å². The molecule has 0 aliphatic rings. The maximum Gasteiger partial charge on any atom is 0.146 e. The van der Waals surface area contributed by atoms with E-state index in [1.54, 1.807) is 6.20 Å². The van der Waals surface area contributed by atoms with E-state index in [0.717, 1.165) is 15.9 Å². The molecule has 0 unspecified atom stereocenters. The standard InChI is InChI=1S/C8H8BrN5S/c9-5-1-7(8(10)12-2-5)11-3-6-4-15-14-13-6/h1-2,4,11H,3H2,(H2,10,12). The number of rotatable bonds is 3. The number of aromatic nitrogens is 3. The summed E-state index contributed by atoms with van der Waals surface area (Å²) in [5.41, 5.74) is 7.38. The predicted octanol–water partition coefficient (Wildman–Crippen LogP) is 1.89. The highest BCUT2D eigenvalue weighted by molar-refractivity contribution is 9.10. The highest BCUT2D eigenvalue weighted by Gasteiger charge is 2.02. The van der Waals surface area contributed by atoms with Gasteiger partial charge in [-0.05, 0) is 33.5 Å². The molecule has 0 saturated carbocycles. The number of halogens is 1. The largest absolute Gasteiger partial charge is 0.382 e. The van der Waals surface area contributed by atoms with Crippen molar-refractivity contribution in [2.24, 2.45) is 0 Å². The number of nitrogen functional groups attached to an aromatic ring is 1. The molecule has 0 aliphatic heterocycles. The van der Waals surface area contributed by atoms with Gasteiger partial charge in [0.25, 0.3) is 0 Å². The van der Waals surface area contributed by atoms with E-state index in [2.05, 4.69) is 35.8 Å². The number of hydrogen-bond donors (Lipinski definition) is 2. The normalized spacial score (nSPS) is 10.2. The third-order valence-corrected chi connectivity index (χ3v) is 2.74. The van der Waals surface area contributed by atoms with Gasteiger partial charge < -0.3 is 11.1 Å². The summed E-state index contributed by atoms with van der Waals surface area (Å²) in [5, 5.41) is 8.94. The molecule has 2 rings (SSSR count). The van der Waals surface area contributed by atoms with Crippen molar-refractivity contribution in [1.82, 2.24) is 14.6 Å². The lowest BCUT2D eigenvalue weighted by atomic mass is 10.3. The van der Waals surface area contributed by atoms with Crippen LogP contribution in [0.3, 0.4) is 0 Å². The molecule has 15 heavy (non-hydrogen) atoms. The van der Waals surface area contributed by atoms with Gasteiger partial charge in [0.1, 0.15) is 5.82 Å². The summed E-state index contributed by atoms with van der Waals surface area (Å²) in [6, 6.07) is 1.88. The van der Waals surface area contributed by atoms with Gasteiger partial charge in [0.05, 0.1) is 17.9 Å². The molecular weight excluding hydrogens is 278 g/mol. The lowest BCUT2D eigenvalue weighted by Gasteiger charge is -2.06. The Morgan fingerprint density at radius 3 is 3.13 bits per heavy atom. The van der Waals surface area contributed by atoms with Gasteiger partial charge in [0, 0.05) is 16.0 Å². The van der Waals surface area contributed by atoms with Crippen molar-refractivity contribution in [2.75, 3.05) is 11.1 Å². The molecule has 0 atom stereocenters. The topological polar surface area (TPSA) is 76.7 Å². The second-order valence-corrected chi connectivity index (χ2v) is 4.36. The van der Waals surface area contributed by atoms with Crippen LogP contribution in [0.25, 0.3) is 0 Å². The molecule has 3 N–H and O–H groups in total. The second-order valence-electron chi connectivity index (χ2n) is 2.84. The van der Waals surface area contributed by atoms with Gasteiger partial charge in [-0.2, -0.15) is 0 Å². The molecule has 2 aromatic heterocycles. The van der Waals surface area contributed by atoms with Crippen LogP contribution in [-0.4, -0.2) is 14.6 Å². The van der Waals surface area contributed by atoms with Crippen molar-refractivity contribution in [3.8, 4) is 0 Å². The molecule has 0 bridgehead atoms. The molecule has 0 aliphatic carbocycles. The number of nitrogens with zero attached hydrogens (tertiary/aromatic N) is 3. The fourth-order valence-electron chi connectivity index (χ4n) is 1.04. The van der Waals surface area contributed by atoms with Crippen molar-refractivity contribution in [3.05, 3.63) is 27.8 Å². The Hall–Kier alpha value is -1.21. The highest BCUT2D eigenvalue weighted by Crippen LogP contribution is 2.20. The molecule has 0 fully saturated rings. The van der Waals surface area contributed by atoms with Crippen LogP contribution in [-0.2, 0) is 6.54 Å². The van der Waals surface area contributed by atoms with E-state index < -0.39 is 0 Å². The molecular formula is C8H8BrN5S. The van der Waals surface area contributed by atoms with Crippen molar-refractivity contribution in [3.63, 3.8) is 0 Å². The molecule has 5 nitrogen and oxygen atoms in total. The van der Waals surface area contributed by atoms with E-state index in [1.807, 2.05) is 11.4 Å². The Kier molecular flexibility index (Phi) is 3.12. The Bertz CT molecular complexity index is 444. The van der Waals surface area contributed by atoms with Crippen LogP contribution in [0, 0.1) is 0 Å². The fourth-order valence-corrected chi connectivity index (χ4v) is 1.82. The van der Waals surface area contributed by atoms with Gasteiger partial charge >= 0.3 is 0 Å². The zero-order valence-corrected chi connectivity index (χ0v) is 10.0. The van der Waals surface area contributed by atoms with Crippen molar-refractivity contribution in [1.29, 1.82) is 0 Å². The number of nitrogens with two attached hydrogens (primary N) is 1. The maximum absolute atomic E-state index is 5.70. The molecule has 7 heteroatoms. The van der Waals surface area contributed by atoms with Crippen molar-refractivity contribution in [2.45, 2.75) is 6.54 Å². The molecule has 78 valence electrons. The third kappa shape index (κ3) is 2.63. The third-order valence-electron chi connectivity index (χ3n) is 1.75. The van der Waals surface area contributed by atoms with Crippen molar-refractivity contribution < 1.29 is 0 Å². The monoisotopic (exact) mass is 285 g/mol. The zero-order chi connectivity index (χ0) is 10.7. The summed E-state index contributed by atoms with van der Waals surface area (Å²) in [7, 11) is 0. The second kappa shape index (κ2) is 4.54. The van der Waals surface area contributed by atoms with Crippen LogP contribution in [0.4, 0.5) is 11.5 Å². The summed E-state index contributed by atoms with van der Waals surface area (Å²) in [6.45, 7) is 0.596. The first-order valence-electron chi connectivity index (χ1n) is 4.16. The number of pyridine rings is 1. The van der Waals surface area contributed by atoms with Crippen LogP contribution in [0.2, 0.25) is 0 Å². The number of hydrogen-bond acceptors (Lipinski definition) is 6. The van der Waals surface area contributed by atoms with E-state index in [9.17, 15) is 0 Å². The molecule has 0 spiro atoms. The van der Waals surface area contributed by atoms with Crippen LogP contribution in [0.5, 0.6) is 0 Å². The Morgan fingerprint density at radius 2 is 2.40 bits per heavy atom. The average Bonchev–Trinajstić information content (AvgIpc) is 2.72. The first-order valence-corrected chi connectivity index (χ1v) is 5.79. The van der Waals surface area contributed by atoms with Gasteiger partial charge in [-0.1, -0.05) is 4.49 Å². The summed E-state index contributed by atoms with van der Waals surface area (Å²) in [4.78, 5) is 4.01. The fraction of sp³-hybridized carbons (Fsp3) is 0.125. The van der Waals surface area contributed by atoms with Crippen LogP contribution in [0.1, 0.15) is 5.69 Å². The Balaban J connectivity index is 2.07. The van der Waals surface area contributed by atoms with Crippen molar-refractivity contribution >= 4 is 39.0 Å². The van der Waals surface area contributed by atoms with E-state index in [1.165, 1.54) is 11.5 Å². The number of anilines is 2. The SMILES string of the molecule is Nc1ncc(Br)cc1NCc1csnn1. The van der Waals surface area contributed by atoms with Crippen LogP contribution < -0.4 is 11.1 Å². The first kappa shape index (κ1) is 10.3. The Labute approximate surface area is 99.0 Å². The van der Waals surface area contributed by atoms with E-state index >= 15 is 0 Å². The molecule has 2 heterocycles. The van der Waals surface area contributed by atoms with E-state index in [4.69, 9.17) is 5.73 Å². The van der Waals surface area contributed by atoms with Gasteiger partial charge in [-0.25, -0.2) is 4.98 Å². The minimum atomic E-state index is 0.474.